The number of carbonyl (C=O) groups excluding carboxylic acids is 1. The number of rotatable bonds is 7. The van der Waals surface area contributed by atoms with Gasteiger partial charge in [0.15, 0.2) is 0 Å². The number of amides is 1. The lowest BCUT2D eigenvalue weighted by Crippen LogP contribution is -2.48. The Bertz CT molecular complexity index is 1190. The van der Waals surface area contributed by atoms with Gasteiger partial charge >= 0.3 is 0 Å². The van der Waals surface area contributed by atoms with Crippen LogP contribution in [-0.4, -0.2) is 36.8 Å². The van der Waals surface area contributed by atoms with Crippen LogP contribution < -0.4 is 9.62 Å². The average molecular weight is 443 g/mol. The van der Waals surface area contributed by atoms with Crippen molar-refractivity contribution in [2.75, 3.05) is 10.6 Å². The Labute approximate surface area is 182 Å². The van der Waals surface area contributed by atoms with Crippen molar-refractivity contribution in [2.24, 2.45) is 0 Å². The SMILES string of the molecule is Cc1ccc(-c2noc(CNC(=O)[C@@H](C)N(c3cc(C)ccc3C)S(C)(=O)=O)n2)cc1. The summed E-state index contributed by atoms with van der Waals surface area (Å²) in [5, 5.41) is 6.63. The van der Waals surface area contributed by atoms with Gasteiger partial charge in [-0.2, -0.15) is 4.98 Å². The first-order valence-electron chi connectivity index (χ1n) is 9.80. The van der Waals surface area contributed by atoms with E-state index in [0.717, 1.165) is 32.8 Å². The maximum atomic E-state index is 12.8. The normalized spacial score (nSPS) is 12.4. The predicted octanol–water partition coefficient (Wildman–Crippen LogP) is 3.13. The lowest BCUT2D eigenvalue weighted by Gasteiger charge is -2.29. The summed E-state index contributed by atoms with van der Waals surface area (Å²) in [6.45, 7) is 7.20. The summed E-state index contributed by atoms with van der Waals surface area (Å²) in [4.78, 5) is 17.1. The summed E-state index contributed by atoms with van der Waals surface area (Å²) in [6.07, 6.45) is 1.09. The molecule has 0 radical (unpaired) electrons. The molecule has 31 heavy (non-hydrogen) atoms. The molecule has 0 spiro atoms. The van der Waals surface area contributed by atoms with E-state index in [1.165, 1.54) is 0 Å². The summed E-state index contributed by atoms with van der Waals surface area (Å²) in [6, 6.07) is 12.2. The Morgan fingerprint density at radius 1 is 1.10 bits per heavy atom. The third-order valence-corrected chi connectivity index (χ3v) is 6.11. The van der Waals surface area contributed by atoms with E-state index in [4.69, 9.17) is 4.52 Å². The van der Waals surface area contributed by atoms with Crippen LogP contribution in [-0.2, 0) is 21.4 Å². The van der Waals surface area contributed by atoms with Crippen LogP contribution >= 0.6 is 0 Å². The molecule has 0 saturated heterocycles. The first-order chi connectivity index (χ1) is 14.6. The second-order valence-corrected chi connectivity index (χ2v) is 9.48. The van der Waals surface area contributed by atoms with E-state index >= 15 is 0 Å². The zero-order valence-corrected chi connectivity index (χ0v) is 19.0. The number of aromatic nitrogens is 2. The molecule has 0 bridgehead atoms. The second kappa shape index (κ2) is 8.89. The summed E-state index contributed by atoms with van der Waals surface area (Å²) in [5.74, 6) is 0.181. The maximum Gasteiger partial charge on any atom is 0.246 e. The number of nitrogens with one attached hydrogen (secondary N) is 1. The molecule has 0 aliphatic rings. The number of nitrogens with zero attached hydrogens (tertiary/aromatic N) is 3. The molecule has 8 nitrogen and oxygen atoms in total. The first kappa shape index (κ1) is 22.5. The van der Waals surface area contributed by atoms with Gasteiger partial charge in [0, 0.05) is 5.56 Å². The zero-order valence-electron chi connectivity index (χ0n) is 18.2. The van der Waals surface area contributed by atoms with Gasteiger partial charge in [-0.3, -0.25) is 9.10 Å². The van der Waals surface area contributed by atoms with Crippen LogP contribution in [0.4, 0.5) is 5.69 Å². The quantitative estimate of drug-likeness (QED) is 0.603. The molecular weight excluding hydrogens is 416 g/mol. The van der Waals surface area contributed by atoms with Crippen LogP contribution in [0, 0.1) is 20.8 Å². The molecule has 0 aliphatic heterocycles. The van der Waals surface area contributed by atoms with Crippen LogP contribution in [0.2, 0.25) is 0 Å². The summed E-state index contributed by atoms with van der Waals surface area (Å²) < 4.78 is 31.4. The molecule has 0 unspecified atom stereocenters. The van der Waals surface area contributed by atoms with Crippen LogP contribution in [0.1, 0.15) is 29.5 Å². The minimum Gasteiger partial charge on any atom is -0.345 e. The molecule has 0 saturated carbocycles. The van der Waals surface area contributed by atoms with Gasteiger partial charge in [0.05, 0.1) is 18.5 Å². The highest BCUT2D eigenvalue weighted by Gasteiger charge is 2.30. The summed E-state index contributed by atoms with van der Waals surface area (Å²) >= 11 is 0. The van der Waals surface area contributed by atoms with Crippen LogP contribution in [0.25, 0.3) is 11.4 Å². The average Bonchev–Trinajstić information content (AvgIpc) is 3.17. The number of sulfonamides is 1. The fourth-order valence-electron chi connectivity index (χ4n) is 3.19. The predicted molar refractivity (Wildman–Crippen MR) is 119 cm³/mol. The molecule has 1 aromatic heterocycles. The van der Waals surface area contributed by atoms with E-state index in [1.807, 2.05) is 57.2 Å². The monoisotopic (exact) mass is 442 g/mol. The van der Waals surface area contributed by atoms with Crippen molar-refractivity contribution < 1.29 is 17.7 Å². The van der Waals surface area contributed by atoms with Gasteiger partial charge < -0.3 is 9.84 Å². The van der Waals surface area contributed by atoms with Gasteiger partial charge in [0.2, 0.25) is 27.6 Å². The third kappa shape index (κ3) is 5.29. The highest BCUT2D eigenvalue weighted by Crippen LogP contribution is 2.26. The maximum absolute atomic E-state index is 12.8. The van der Waals surface area contributed by atoms with E-state index in [2.05, 4.69) is 15.5 Å². The van der Waals surface area contributed by atoms with Crippen molar-refractivity contribution in [1.29, 1.82) is 0 Å². The Kier molecular flexibility index (Phi) is 6.45. The Morgan fingerprint density at radius 2 is 1.74 bits per heavy atom. The molecule has 1 atom stereocenters. The number of anilines is 1. The molecule has 3 aromatic rings. The molecule has 2 aromatic carbocycles. The third-order valence-electron chi connectivity index (χ3n) is 4.88. The standard InChI is InChI=1S/C22H26N4O4S/c1-14-7-10-18(11-8-14)21-24-20(30-25-21)13-23-22(27)17(4)26(31(5,28)29)19-12-15(2)6-9-16(19)3/h6-12,17H,13H2,1-5H3,(H,23,27)/t17-/m1/s1. The van der Waals surface area contributed by atoms with Crippen LogP contribution in [0.3, 0.4) is 0 Å². The lowest BCUT2D eigenvalue weighted by molar-refractivity contribution is -0.122. The van der Waals surface area contributed by atoms with Crippen LogP contribution in [0.15, 0.2) is 47.0 Å². The number of carbonyl (C=O) groups is 1. The van der Waals surface area contributed by atoms with Gasteiger partial charge in [-0.25, -0.2) is 8.42 Å². The number of hydrogen-bond donors (Lipinski definition) is 1. The van der Waals surface area contributed by atoms with Gasteiger partial charge in [0.25, 0.3) is 0 Å². The van der Waals surface area contributed by atoms with Gasteiger partial charge in [0.1, 0.15) is 6.04 Å². The largest absolute Gasteiger partial charge is 0.345 e. The van der Waals surface area contributed by atoms with E-state index in [-0.39, 0.29) is 12.4 Å². The van der Waals surface area contributed by atoms with Crippen molar-refractivity contribution in [3.8, 4) is 11.4 Å². The van der Waals surface area contributed by atoms with Crippen molar-refractivity contribution in [2.45, 2.75) is 40.3 Å². The molecule has 9 heteroatoms. The van der Waals surface area contributed by atoms with Gasteiger partial charge in [-0.1, -0.05) is 47.1 Å². The Morgan fingerprint density at radius 3 is 2.39 bits per heavy atom. The summed E-state index contributed by atoms with van der Waals surface area (Å²) in [7, 11) is -3.70. The highest BCUT2D eigenvalue weighted by atomic mass is 32.2. The van der Waals surface area contributed by atoms with Gasteiger partial charge in [-0.15, -0.1) is 0 Å². The number of benzene rings is 2. The smallest absolute Gasteiger partial charge is 0.246 e. The highest BCUT2D eigenvalue weighted by molar-refractivity contribution is 7.92. The fourth-order valence-corrected chi connectivity index (χ4v) is 4.42. The number of hydrogen-bond acceptors (Lipinski definition) is 6. The molecule has 0 fully saturated rings. The van der Waals surface area contributed by atoms with E-state index in [1.54, 1.807) is 13.0 Å². The Balaban J connectivity index is 1.74. The van der Waals surface area contributed by atoms with Crippen molar-refractivity contribution in [3.05, 3.63) is 65.0 Å². The van der Waals surface area contributed by atoms with E-state index < -0.39 is 22.0 Å². The van der Waals surface area contributed by atoms with E-state index in [9.17, 15) is 13.2 Å². The van der Waals surface area contributed by atoms with Gasteiger partial charge in [-0.05, 0) is 44.9 Å². The minimum absolute atomic E-state index is 0.00750. The first-order valence-corrected chi connectivity index (χ1v) is 11.6. The molecule has 3 rings (SSSR count). The molecular formula is C22H26N4O4S. The molecule has 1 N–H and O–H groups in total. The fraction of sp³-hybridized carbons (Fsp3) is 0.318. The van der Waals surface area contributed by atoms with E-state index in [0.29, 0.717) is 11.5 Å². The zero-order chi connectivity index (χ0) is 22.8. The number of aryl methyl sites for hydroxylation is 3. The van der Waals surface area contributed by atoms with Crippen molar-refractivity contribution >= 4 is 21.6 Å². The van der Waals surface area contributed by atoms with Crippen molar-refractivity contribution in [3.63, 3.8) is 0 Å². The topological polar surface area (TPSA) is 105 Å². The minimum atomic E-state index is -3.70. The molecule has 164 valence electrons. The molecule has 1 heterocycles. The Hall–Kier alpha value is -3.20. The molecule has 0 aliphatic carbocycles. The molecule has 1 amide bonds. The lowest BCUT2D eigenvalue weighted by atomic mass is 10.1. The summed E-state index contributed by atoms with van der Waals surface area (Å²) in [5.41, 5.74) is 4.06. The van der Waals surface area contributed by atoms with Crippen LogP contribution in [0.5, 0.6) is 0 Å². The van der Waals surface area contributed by atoms with Crippen molar-refractivity contribution in [1.82, 2.24) is 15.5 Å². The second-order valence-electron chi connectivity index (χ2n) is 7.62.